The van der Waals surface area contributed by atoms with E-state index in [0.717, 1.165) is 5.92 Å². The first-order chi connectivity index (χ1) is 5.60. The zero-order valence-corrected chi connectivity index (χ0v) is 8.89. The van der Waals surface area contributed by atoms with Crippen molar-refractivity contribution in [1.82, 2.24) is 0 Å². The molecule has 0 atom stereocenters. The fraction of sp³-hybridized carbons (Fsp3) is 1.00. The Hall–Kier alpha value is -0.0400. The lowest BCUT2D eigenvalue weighted by Crippen LogP contribution is -2.40. The summed E-state index contributed by atoms with van der Waals surface area (Å²) in [6, 6.07) is 0. The molecule has 0 aromatic rings. The Morgan fingerprint density at radius 2 is 1.75 bits per heavy atom. The molecule has 72 valence electrons. The van der Waals surface area contributed by atoms with Crippen LogP contribution in [-0.4, -0.2) is 12.7 Å². The lowest BCUT2D eigenvalue weighted by molar-refractivity contribution is -0.0811. The average Bonchev–Trinajstić information content (AvgIpc) is 2.06. The predicted octanol–water partition coefficient (Wildman–Crippen LogP) is 3.24. The van der Waals surface area contributed by atoms with E-state index in [1.54, 1.807) is 0 Å². The third kappa shape index (κ3) is 1.82. The van der Waals surface area contributed by atoms with Crippen LogP contribution in [-0.2, 0) is 4.74 Å². The van der Waals surface area contributed by atoms with E-state index in [1.807, 2.05) is 7.11 Å². The first kappa shape index (κ1) is 10.0. The highest BCUT2D eigenvalue weighted by Gasteiger charge is 2.36. The van der Waals surface area contributed by atoms with Crippen molar-refractivity contribution in [3.8, 4) is 0 Å². The number of ether oxygens (including phenoxy) is 1. The summed E-state index contributed by atoms with van der Waals surface area (Å²) in [4.78, 5) is 0. The molecule has 0 aromatic carbocycles. The molecule has 0 aromatic heterocycles. The van der Waals surface area contributed by atoms with Gasteiger partial charge in [-0.3, -0.25) is 0 Å². The van der Waals surface area contributed by atoms with Gasteiger partial charge in [0.2, 0.25) is 0 Å². The summed E-state index contributed by atoms with van der Waals surface area (Å²) in [5, 5.41) is 0. The van der Waals surface area contributed by atoms with Gasteiger partial charge in [-0.15, -0.1) is 0 Å². The second-order valence-corrected chi connectivity index (χ2v) is 4.61. The van der Waals surface area contributed by atoms with Crippen LogP contribution in [0.3, 0.4) is 0 Å². The molecule has 0 heterocycles. The van der Waals surface area contributed by atoms with Crippen LogP contribution >= 0.6 is 0 Å². The second-order valence-electron chi connectivity index (χ2n) is 4.61. The average molecular weight is 170 g/mol. The van der Waals surface area contributed by atoms with Crippen molar-refractivity contribution in [2.45, 2.75) is 52.1 Å². The molecule has 0 spiro atoms. The Morgan fingerprint density at radius 1 is 1.25 bits per heavy atom. The summed E-state index contributed by atoms with van der Waals surface area (Å²) in [6.45, 7) is 6.90. The highest BCUT2D eigenvalue weighted by molar-refractivity contribution is 4.88. The molecular formula is C11H22O. The van der Waals surface area contributed by atoms with Crippen LogP contribution < -0.4 is 0 Å². The van der Waals surface area contributed by atoms with Crippen LogP contribution in [0.15, 0.2) is 0 Å². The van der Waals surface area contributed by atoms with Gasteiger partial charge in [0.25, 0.3) is 0 Å². The van der Waals surface area contributed by atoms with Crippen molar-refractivity contribution in [3.05, 3.63) is 0 Å². The summed E-state index contributed by atoms with van der Waals surface area (Å²) in [6.07, 6.45) is 5.18. The minimum absolute atomic E-state index is 0.201. The molecule has 0 bridgehead atoms. The molecule has 0 aliphatic heterocycles. The molecule has 0 amide bonds. The monoisotopic (exact) mass is 170 g/mol. The minimum Gasteiger partial charge on any atom is -0.378 e. The van der Waals surface area contributed by atoms with Crippen molar-refractivity contribution in [1.29, 1.82) is 0 Å². The van der Waals surface area contributed by atoms with Crippen LogP contribution in [0.5, 0.6) is 0 Å². The lowest BCUT2D eigenvalue weighted by atomic mass is 9.73. The predicted molar refractivity (Wildman–Crippen MR) is 52.2 cm³/mol. The number of hydrogen-bond donors (Lipinski definition) is 0. The number of hydrogen-bond acceptors (Lipinski definition) is 1. The van der Waals surface area contributed by atoms with Crippen molar-refractivity contribution in [2.75, 3.05) is 7.11 Å². The zero-order chi connectivity index (χ0) is 9.19. The van der Waals surface area contributed by atoms with Gasteiger partial charge in [0.05, 0.1) is 5.60 Å². The molecule has 0 radical (unpaired) electrons. The van der Waals surface area contributed by atoms with E-state index in [4.69, 9.17) is 4.74 Å². The van der Waals surface area contributed by atoms with Gasteiger partial charge in [-0.2, -0.15) is 0 Å². The van der Waals surface area contributed by atoms with Gasteiger partial charge in [-0.1, -0.05) is 20.8 Å². The third-order valence-electron chi connectivity index (χ3n) is 3.58. The van der Waals surface area contributed by atoms with Crippen LogP contribution in [0.25, 0.3) is 0 Å². The largest absolute Gasteiger partial charge is 0.378 e. The van der Waals surface area contributed by atoms with Gasteiger partial charge in [0, 0.05) is 7.11 Å². The Balaban J connectivity index is 2.57. The van der Waals surface area contributed by atoms with Crippen LogP contribution in [0, 0.1) is 11.8 Å². The van der Waals surface area contributed by atoms with E-state index in [0.29, 0.717) is 5.92 Å². The van der Waals surface area contributed by atoms with Gasteiger partial charge in [0.15, 0.2) is 0 Å². The fourth-order valence-electron chi connectivity index (χ4n) is 2.27. The smallest absolute Gasteiger partial charge is 0.0701 e. The van der Waals surface area contributed by atoms with E-state index in [2.05, 4.69) is 20.8 Å². The summed E-state index contributed by atoms with van der Waals surface area (Å²) in [7, 11) is 1.87. The molecule has 0 saturated heterocycles. The molecular weight excluding hydrogens is 148 g/mol. The highest BCUT2D eigenvalue weighted by Crippen LogP contribution is 2.39. The van der Waals surface area contributed by atoms with Crippen LogP contribution in [0.2, 0.25) is 0 Å². The molecule has 1 fully saturated rings. The van der Waals surface area contributed by atoms with Gasteiger partial charge < -0.3 is 4.74 Å². The maximum atomic E-state index is 5.69. The maximum absolute atomic E-state index is 5.69. The molecule has 0 N–H and O–H groups in total. The lowest BCUT2D eigenvalue weighted by Gasteiger charge is -2.41. The van der Waals surface area contributed by atoms with E-state index in [-0.39, 0.29) is 5.60 Å². The van der Waals surface area contributed by atoms with E-state index >= 15 is 0 Å². The van der Waals surface area contributed by atoms with Gasteiger partial charge in [-0.25, -0.2) is 0 Å². The Morgan fingerprint density at radius 3 is 2.08 bits per heavy atom. The minimum atomic E-state index is 0.201. The zero-order valence-electron chi connectivity index (χ0n) is 8.89. The normalized spacial score (nSPS) is 37.2. The van der Waals surface area contributed by atoms with E-state index < -0.39 is 0 Å². The SMILES string of the molecule is CO[C@]1(C(C)C)CC[C@@H](C)CC1. The molecule has 1 aliphatic carbocycles. The summed E-state index contributed by atoms with van der Waals surface area (Å²) in [5.41, 5.74) is 0.201. The first-order valence-electron chi connectivity index (χ1n) is 5.16. The highest BCUT2D eigenvalue weighted by atomic mass is 16.5. The van der Waals surface area contributed by atoms with Crippen molar-refractivity contribution < 1.29 is 4.74 Å². The van der Waals surface area contributed by atoms with Crippen molar-refractivity contribution >= 4 is 0 Å². The number of rotatable bonds is 2. The Kier molecular flexibility index (Phi) is 3.16. The molecule has 1 nitrogen and oxygen atoms in total. The Bertz CT molecular complexity index is 132. The number of methoxy groups -OCH3 is 1. The summed E-state index contributed by atoms with van der Waals surface area (Å²) in [5.74, 6) is 1.57. The topological polar surface area (TPSA) is 9.23 Å². The van der Waals surface area contributed by atoms with Crippen LogP contribution in [0.4, 0.5) is 0 Å². The Labute approximate surface area is 76.5 Å². The molecule has 1 aliphatic rings. The maximum Gasteiger partial charge on any atom is 0.0701 e. The summed E-state index contributed by atoms with van der Waals surface area (Å²) >= 11 is 0. The molecule has 12 heavy (non-hydrogen) atoms. The third-order valence-corrected chi connectivity index (χ3v) is 3.58. The summed E-state index contributed by atoms with van der Waals surface area (Å²) < 4.78 is 5.69. The van der Waals surface area contributed by atoms with Crippen molar-refractivity contribution in [3.63, 3.8) is 0 Å². The quantitative estimate of drug-likeness (QED) is 0.618. The van der Waals surface area contributed by atoms with Gasteiger partial charge in [-0.05, 0) is 37.5 Å². The van der Waals surface area contributed by atoms with E-state index in [1.165, 1.54) is 25.7 Å². The standard InChI is InChI=1S/C11H22O/c1-9(2)11(12-4)7-5-10(3)6-8-11/h9-10H,5-8H2,1-4H3/t10-,11-. The fourth-order valence-corrected chi connectivity index (χ4v) is 2.27. The molecule has 1 saturated carbocycles. The first-order valence-corrected chi connectivity index (χ1v) is 5.16. The van der Waals surface area contributed by atoms with Crippen LogP contribution in [0.1, 0.15) is 46.5 Å². The van der Waals surface area contributed by atoms with Gasteiger partial charge in [0.1, 0.15) is 0 Å². The van der Waals surface area contributed by atoms with Crippen molar-refractivity contribution in [2.24, 2.45) is 11.8 Å². The molecule has 1 heteroatoms. The van der Waals surface area contributed by atoms with Gasteiger partial charge >= 0.3 is 0 Å². The van der Waals surface area contributed by atoms with E-state index in [9.17, 15) is 0 Å². The molecule has 0 unspecified atom stereocenters. The second kappa shape index (κ2) is 3.78. The molecule has 1 rings (SSSR count).